The number of thiazole rings is 1. The molecule has 2 aromatic heterocycles. The van der Waals surface area contributed by atoms with Gasteiger partial charge in [0.2, 0.25) is 5.91 Å². The van der Waals surface area contributed by atoms with Gasteiger partial charge in [0.1, 0.15) is 10.0 Å². The highest BCUT2D eigenvalue weighted by atomic mass is 35.5. The molecule has 2 heterocycles. The van der Waals surface area contributed by atoms with Crippen molar-refractivity contribution < 1.29 is 4.79 Å². The van der Waals surface area contributed by atoms with E-state index in [0.717, 1.165) is 21.9 Å². The van der Waals surface area contributed by atoms with Crippen LogP contribution in [0.2, 0.25) is 5.15 Å². The molecule has 1 atom stereocenters. The van der Waals surface area contributed by atoms with Crippen molar-refractivity contribution in [2.45, 2.75) is 6.42 Å². The highest BCUT2D eigenvalue weighted by molar-refractivity contribution is 7.98. The Labute approximate surface area is 172 Å². The first-order valence-corrected chi connectivity index (χ1v) is 11.1. The third-order valence-corrected chi connectivity index (χ3v) is 6.45. The van der Waals surface area contributed by atoms with Crippen LogP contribution in [0, 0.1) is 5.92 Å². The average molecular weight is 418 g/mol. The SMILES string of the molecule is CSCC(Cc1ccccc1)C(=O)N(C)c1sc(-c2cccnc2)nc1Cl. The van der Waals surface area contributed by atoms with Gasteiger partial charge in [-0.05, 0) is 30.4 Å². The van der Waals surface area contributed by atoms with Crippen LogP contribution in [0.3, 0.4) is 0 Å². The summed E-state index contributed by atoms with van der Waals surface area (Å²) in [6, 6.07) is 13.9. The topological polar surface area (TPSA) is 46.1 Å². The molecule has 0 aliphatic heterocycles. The molecule has 0 fully saturated rings. The minimum absolute atomic E-state index is 0.0523. The van der Waals surface area contributed by atoms with E-state index >= 15 is 0 Å². The first-order chi connectivity index (χ1) is 13.1. The van der Waals surface area contributed by atoms with Gasteiger partial charge in [-0.25, -0.2) is 4.98 Å². The second kappa shape index (κ2) is 9.35. The fourth-order valence-corrected chi connectivity index (χ4v) is 4.76. The van der Waals surface area contributed by atoms with Crippen LogP contribution >= 0.6 is 34.7 Å². The van der Waals surface area contributed by atoms with E-state index in [9.17, 15) is 4.79 Å². The zero-order valence-corrected chi connectivity index (χ0v) is 17.5. The number of pyridine rings is 1. The predicted octanol–water partition coefficient (Wildman–Crippen LogP) is 5.04. The zero-order chi connectivity index (χ0) is 19.2. The smallest absolute Gasteiger partial charge is 0.231 e. The molecular weight excluding hydrogens is 398 g/mol. The number of halogens is 1. The third kappa shape index (κ3) is 4.89. The van der Waals surface area contributed by atoms with Crippen LogP contribution in [0.5, 0.6) is 0 Å². The Morgan fingerprint density at radius 3 is 2.70 bits per heavy atom. The molecule has 3 aromatic rings. The molecule has 140 valence electrons. The Balaban J connectivity index is 1.81. The molecule has 0 saturated carbocycles. The quantitative estimate of drug-likeness (QED) is 0.540. The monoisotopic (exact) mass is 417 g/mol. The normalized spacial score (nSPS) is 12.0. The lowest BCUT2D eigenvalue weighted by atomic mass is 10.00. The number of carbonyl (C=O) groups is 1. The lowest BCUT2D eigenvalue weighted by Gasteiger charge is -2.22. The lowest BCUT2D eigenvalue weighted by Crippen LogP contribution is -2.35. The maximum atomic E-state index is 13.2. The molecule has 0 saturated heterocycles. The number of benzene rings is 1. The van der Waals surface area contributed by atoms with E-state index in [1.54, 1.807) is 36.1 Å². The van der Waals surface area contributed by atoms with E-state index in [0.29, 0.717) is 16.6 Å². The molecule has 27 heavy (non-hydrogen) atoms. The first kappa shape index (κ1) is 19.9. The second-order valence-electron chi connectivity index (χ2n) is 6.10. The molecule has 0 bridgehead atoms. The largest absolute Gasteiger partial charge is 0.304 e. The van der Waals surface area contributed by atoms with Gasteiger partial charge in [0, 0.05) is 30.8 Å². The summed E-state index contributed by atoms with van der Waals surface area (Å²) in [4.78, 5) is 23.3. The maximum absolute atomic E-state index is 13.2. The molecule has 1 amide bonds. The summed E-state index contributed by atoms with van der Waals surface area (Å²) in [5.74, 6) is 0.688. The summed E-state index contributed by atoms with van der Waals surface area (Å²) < 4.78 is 0. The van der Waals surface area contributed by atoms with Gasteiger partial charge in [0.25, 0.3) is 0 Å². The number of aromatic nitrogens is 2. The Bertz CT molecular complexity index is 887. The summed E-state index contributed by atoms with van der Waals surface area (Å²) in [6.07, 6.45) is 6.18. The van der Waals surface area contributed by atoms with Gasteiger partial charge in [-0.15, -0.1) is 0 Å². The van der Waals surface area contributed by atoms with Crippen LogP contribution in [-0.2, 0) is 11.2 Å². The van der Waals surface area contributed by atoms with Crippen molar-refractivity contribution in [3.8, 4) is 10.6 Å². The highest BCUT2D eigenvalue weighted by Crippen LogP contribution is 2.37. The van der Waals surface area contributed by atoms with Gasteiger partial charge < -0.3 is 4.90 Å². The number of thioether (sulfide) groups is 1. The van der Waals surface area contributed by atoms with Gasteiger partial charge in [0.05, 0.1) is 5.92 Å². The third-order valence-electron chi connectivity index (χ3n) is 4.16. The predicted molar refractivity (Wildman–Crippen MR) is 116 cm³/mol. The summed E-state index contributed by atoms with van der Waals surface area (Å²) >= 11 is 9.44. The molecule has 3 rings (SSSR count). The van der Waals surface area contributed by atoms with Crippen LogP contribution in [0.1, 0.15) is 5.56 Å². The van der Waals surface area contributed by atoms with E-state index < -0.39 is 0 Å². The molecule has 0 radical (unpaired) electrons. The fourth-order valence-electron chi connectivity index (χ4n) is 2.80. The number of carbonyl (C=O) groups excluding carboxylic acids is 1. The van der Waals surface area contributed by atoms with Gasteiger partial charge in [-0.3, -0.25) is 9.78 Å². The number of nitrogens with zero attached hydrogens (tertiary/aromatic N) is 3. The number of hydrogen-bond donors (Lipinski definition) is 0. The summed E-state index contributed by atoms with van der Waals surface area (Å²) in [6.45, 7) is 0. The zero-order valence-electron chi connectivity index (χ0n) is 15.1. The van der Waals surface area contributed by atoms with Crippen molar-refractivity contribution in [2.24, 2.45) is 5.92 Å². The molecule has 0 N–H and O–H groups in total. The molecular formula is C20H20ClN3OS2. The Morgan fingerprint density at radius 2 is 2.04 bits per heavy atom. The molecule has 0 aliphatic rings. The van der Waals surface area contributed by atoms with Gasteiger partial charge >= 0.3 is 0 Å². The Hall–Kier alpha value is -1.89. The van der Waals surface area contributed by atoms with E-state index in [1.807, 2.05) is 36.6 Å². The van der Waals surface area contributed by atoms with Crippen LogP contribution in [0.15, 0.2) is 54.9 Å². The summed E-state index contributed by atoms with van der Waals surface area (Å²) in [5, 5.41) is 1.77. The van der Waals surface area contributed by atoms with E-state index in [-0.39, 0.29) is 11.8 Å². The highest BCUT2D eigenvalue weighted by Gasteiger charge is 2.26. The molecule has 0 spiro atoms. The number of rotatable bonds is 7. The van der Waals surface area contributed by atoms with Gasteiger partial charge in [-0.2, -0.15) is 11.8 Å². The summed E-state index contributed by atoms with van der Waals surface area (Å²) in [7, 11) is 1.77. The average Bonchev–Trinajstić information content (AvgIpc) is 3.10. The van der Waals surface area contributed by atoms with Crippen LogP contribution in [0.4, 0.5) is 5.00 Å². The van der Waals surface area contributed by atoms with Crippen molar-refractivity contribution in [1.29, 1.82) is 0 Å². The number of hydrogen-bond acceptors (Lipinski definition) is 5. The van der Waals surface area contributed by atoms with Crippen molar-refractivity contribution in [1.82, 2.24) is 9.97 Å². The number of anilines is 1. The molecule has 4 nitrogen and oxygen atoms in total. The molecule has 0 aliphatic carbocycles. The van der Waals surface area contributed by atoms with Crippen LogP contribution < -0.4 is 4.90 Å². The number of amides is 1. The Kier molecular flexibility index (Phi) is 6.88. The summed E-state index contributed by atoms with van der Waals surface area (Å²) in [5.41, 5.74) is 2.05. The van der Waals surface area contributed by atoms with Crippen LogP contribution in [-0.4, -0.2) is 34.9 Å². The van der Waals surface area contributed by atoms with Gasteiger partial charge in [-0.1, -0.05) is 53.3 Å². The molecule has 1 aromatic carbocycles. The maximum Gasteiger partial charge on any atom is 0.231 e. The van der Waals surface area contributed by atoms with E-state index in [4.69, 9.17) is 11.6 Å². The van der Waals surface area contributed by atoms with E-state index in [1.165, 1.54) is 11.3 Å². The minimum atomic E-state index is -0.118. The van der Waals surface area contributed by atoms with Crippen molar-refractivity contribution in [3.63, 3.8) is 0 Å². The van der Waals surface area contributed by atoms with Crippen molar-refractivity contribution >= 4 is 45.6 Å². The van der Waals surface area contributed by atoms with Crippen molar-refractivity contribution in [2.75, 3.05) is 24.0 Å². The second-order valence-corrected chi connectivity index (χ2v) is 8.34. The molecule has 1 unspecified atom stereocenters. The van der Waals surface area contributed by atoms with Crippen LogP contribution in [0.25, 0.3) is 10.6 Å². The van der Waals surface area contributed by atoms with Gasteiger partial charge in [0.15, 0.2) is 5.15 Å². The van der Waals surface area contributed by atoms with E-state index in [2.05, 4.69) is 22.1 Å². The minimum Gasteiger partial charge on any atom is -0.304 e. The lowest BCUT2D eigenvalue weighted by molar-refractivity contribution is -0.121. The van der Waals surface area contributed by atoms with Crippen molar-refractivity contribution in [3.05, 3.63) is 65.6 Å². The standard InChI is InChI=1S/C20H20ClN3OS2/c1-24(19(25)16(13-26-2)11-14-7-4-3-5-8-14)20-17(21)23-18(27-20)15-9-6-10-22-12-15/h3-10,12,16H,11,13H2,1-2H3. The first-order valence-electron chi connectivity index (χ1n) is 8.47. The molecule has 7 heteroatoms. The fraction of sp³-hybridized carbons (Fsp3) is 0.250. The Morgan fingerprint density at radius 1 is 1.26 bits per heavy atom.